The zero-order valence-corrected chi connectivity index (χ0v) is 10.5. The number of rotatable bonds is 4. The molecule has 0 bridgehead atoms. The number of para-hydroxylation sites is 1. The first-order chi connectivity index (χ1) is 9.28. The predicted octanol–water partition coefficient (Wildman–Crippen LogP) is 1.86. The molecule has 3 rings (SSSR count). The van der Waals surface area contributed by atoms with Crippen molar-refractivity contribution in [2.24, 2.45) is 5.73 Å². The Balaban J connectivity index is 1.87. The van der Waals surface area contributed by atoms with Crippen molar-refractivity contribution in [3.63, 3.8) is 0 Å². The van der Waals surface area contributed by atoms with E-state index in [2.05, 4.69) is 15.3 Å². The van der Waals surface area contributed by atoms with Crippen molar-refractivity contribution in [2.75, 3.05) is 6.54 Å². The van der Waals surface area contributed by atoms with Crippen LogP contribution < -0.4 is 5.73 Å². The summed E-state index contributed by atoms with van der Waals surface area (Å²) < 4.78 is 10.4. The van der Waals surface area contributed by atoms with Crippen molar-refractivity contribution in [3.05, 3.63) is 41.7 Å². The molecular formula is C13H14N4O2. The summed E-state index contributed by atoms with van der Waals surface area (Å²) in [5.41, 5.74) is 7.13. The standard InChI is InChI=1S/C13H14N4O2/c1-8(7-14)13-15-12(19-17-13)6-10-9-4-2-3-5-11(9)18-16-10/h2-5,8H,6-7,14H2,1H3. The van der Waals surface area contributed by atoms with Gasteiger partial charge in [-0.05, 0) is 12.1 Å². The van der Waals surface area contributed by atoms with Gasteiger partial charge >= 0.3 is 0 Å². The number of benzene rings is 1. The predicted molar refractivity (Wildman–Crippen MR) is 68.6 cm³/mol. The average Bonchev–Trinajstić information content (AvgIpc) is 3.06. The molecule has 1 aromatic carbocycles. The maximum Gasteiger partial charge on any atom is 0.232 e. The lowest BCUT2D eigenvalue weighted by Gasteiger charge is -1.98. The molecule has 6 heteroatoms. The molecule has 0 radical (unpaired) electrons. The number of nitrogens with two attached hydrogens (primary N) is 1. The molecule has 0 saturated carbocycles. The first kappa shape index (κ1) is 11.9. The number of hydrogen-bond acceptors (Lipinski definition) is 6. The van der Waals surface area contributed by atoms with Crippen LogP contribution in [-0.2, 0) is 6.42 Å². The largest absolute Gasteiger partial charge is 0.356 e. The van der Waals surface area contributed by atoms with E-state index in [1.165, 1.54) is 0 Å². The molecule has 0 aliphatic carbocycles. The van der Waals surface area contributed by atoms with E-state index in [9.17, 15) is 0 Å². The van der Waals surface area contributed by atoms with Crippen molar-refractivity contribution >= 4 is 11.0 Å². The fraction of sp³-hybridized carbons (Fsp3) is 0.308. The average molecular weight is 258 g/mol. The molecule has 0 spiro atoms. The normalized spacial score (nSPS) is 12.9. The van der Waals surface area contributed by atoms with Gasteiger partial charge in [-0.2, -0.15) is 4.98 Å². The monoisotopic (exact) mass is 258 g/mol. The van der Waals surface area contributed by atoms with Crippen LogP contribution in [0.15, 0.2) is 33.3 Å². The Morgan fingerprint density at radius 1 is 1.21 bits per heavy atom. The van der Waals surface area contributed by atoms with E-state index in [0.717, 1.165) is 16.7 Å². The summed E-state index contributed by atoms with van der Waals surface area (Å²) in [4.78, 5) is 4.32. The molecule has 2 aromatic heterocycles. The molecule has 1 unspecified atom stereocenters. The van der Waals surface area contributed by atoms with E-state index >= 15 is 0 Å². The van der Waals surface area contributed by atoms with Crippen LogP contribution in [-0.4, -0.2) is 21.8 Å². The third-order valence-electron chi connectivity index (χ3n) is 3.05. The second-order valence-electron chi connectivity index (χ2n) is 4.49. The molecule has 0 amide bonds. The Morgan fingerprint density at radius 3 is 2.89 bits per heavy atom. The van der Waals surface area contributed by atoms with Gasteiger partial charge in [0, 0.05) is 17.8 Å². The van der Waals surface area contributed by atoms with Crippen LogP contribution in [0.4, 0.5) is 0 Å². The minimum atomic E-state index is 0.0894. The highest BCUT2D eigenvalue weighted by atomic mass is 16.5. The third-order valence-corrected chi connectivity index (χ3v) is 3.05. The SMILES string of the molecule is CC(CN)c1noc(Cc2noc3ccccc23)n1. The van der Waals surface area contributed by atoms with E-state index in [0.29, 0.717) is 24.7 Å². The van der Waals surface area contributed by atoms with Crippen LogP contribution in [0.5, 0.6) is 0 Å². The molecule has 0 saturated heterocycles. The Hall–Kier alpha value is -2.21. The van der Waals surface area contributed by atoms with Gasteiger partial charge in [-0.3, -0.25) is 0 Å². The topological polar surface area (TPSA) is 91.0 Å². The summed E-state index contributed by atoms with van der Waals surface area (Å²) in [5, 5.41) is 8.93. The lowest BCUT2D eigenvalue weighted by atomic mass is 10.1. The highest BCUT2D eigenvalue weighted by Crippen LogP contribution is 2.20. The maximum atomic E-state index is 5.57. The van der Waals surface area contributed by atoms with Gasteiger partial charge in [0.05, 0.1) is 6.42 Å². The van der Waals surface area contributed by atoms with Gasteiger partial charge in [0.15, 0.2) is 11.4 Å². The van der Waals surface area contributed by atoms with E-state index in [-0.39, 0.29) is 5.92 Å². The van der Waals surface area contributed by atoms with E-state index in [4.69, 9.17) is 14.8 Å². The van der Waals surface area contributed by atoms with Crippen molar-refractivity contribution in [3.8, 4) is 0 Å². The summed E-state index contributed by atoms with van der Waals surface area (Å²) in [5.74, 6) is 1.24. The fourth-order valence-corrected chi connectivity index (χ4v) is 1.85. The Morgan fingerprint density at radius 2 is 2.05 bits per heavy atom. The van der Waals surface area contributed by atoms with Crippen molar-refractivity contribution in [1.82, 2.24) is 15.3 Å². The molecule has 0 aliphatic heterocycles. The van der Waals surface area contributed by atoms with Crippen molar-refractivity contribution in [2.45, 2.75) is 19.3 Å². The minimum absolute atomic E-state index is 0.0894. The van der Waals surface area contributed by atoms with Crippen LogP contribution in [0.1, 0.15) is 30.3 Å². The Labute approximate surface area is 109 Å². The van der Waals surface area contributed by atoms with Gasteiger partial charge in [0.25, 0.3) is 0 Å². The first-order valence-electron chi connectivity index (χ1n) is 6.13. The Kier molecular flexibility index (Phi) is 3.00. The minimum Gasteiger partial charge on any atom is -0.356 e. The summed E-state index contributed by atoms with van der Waals surface area (Å²) in [6.07, 6.45) is 0.460. The van der Waals surface area contributed by atoms with Gasteiger partial charge in [0.1, 0.15) is 5.69 Å². The molecule has 2 N–H and O–H groups in total. The summed E-state index contributed by atoms with van der Waals surface area (Å²) in [7, 11) is 0. The van der Waals surface area contributed by atoms with Crippen LogP contribution >= 0.6 is 0 Å². The highest BCUT2D eigenvalue weighted by Gasteiger charge is 2.15. The molecule has 3 aromatic rings. The molecule has 6 nitrogen and oxygen atoms in total. The van der Waals surface area contributed by atoms with Crippen molar-refractivity contribution < 1.29 is 9.05 Å². The van der Waals surface area contributed by atoms with Gasteiger partial charge in [-0.25, -0.2) is 0 Å². The van der Waals surface area contributed by atoms with Gasteiger partial charge in [-0.15, -0.1) is 0 Å². The lowest BCUT2D eigenvalue weighted by Crippen LogP contribution is -2.10. The second kappa shape index (κ2) is 4.81. The number of fused-ring (bicyclic) bond motifs is 1. The number of nitrogens with zero attached hydrogens (tertiary/aromatic N) is 3. The highest BCUT2D eigenvalue weighted by molar-refractivity contribution is 5.79. The van der Waals surface area contributed by atoms with Gasteiger partial charge < -0.3 is 14.8 Å². The van der Waals surface area contributed by atoms with Crippen LogP contribution in [0.3, 0.4) is 0 Å². The van der Waals surface area contributed by atoms with E-state index < -0.39 is 0 Å². The first-order valence-corrected chi connectivity index (χ1v) is 6.13. The Bertz CT molecular complexity index is 689. The molecule has 0 aliphatic rings. The molecule has 0 fully saturated rings. The summed E-state index contributed by atoms with van der Waals surface area (Å²) in [6.45, 7) is 2.45. The molecule has 1 atom stereocenters. The number of aromatic nitrogens is 3. The van der Waals surface area contributed by atoms with Gasteiger partial charge in [0.2, 0.25) is 5.89 Å². The van der Waals surface area contributed by atoms with Crippen molar-refractivity contribution in [1.29, 1.82) is 0 Å². The second-order valence-corrected chi connectivity index (χ2v) is 4.49. The zero-order chi connectivity index (χ0) is 13.2. The molecule has 19 heavy (non-hydrogen) atoms. The number of hydrogen-bond donors (Lipinski definition) is 1. The zero-order valence-electron chi connectivity index (χ0n) is 10.5. The lowest BCUT2D eigenvalue weighted by molar-refractivity contribution is 0.372. The van der Waals surface area contributed by atoms with Crippen LogP contribution in [0.2, 0.25) is 0 Å². The smallest absolute Gasteiger partial charge is 0.232 e. The molecule has 98 valence electrons. The molecular weight excluding hydrogens is 244 g/mol. The van der Waals surface area contributed by atoms with E-state index in [1.54, 1.807) is 0 Å². The summed E-state index contributed by atoms with van der Waals surface area (Å²) >= 11 is 0. The van der Waals surface area contributed by atoms with Gasteiger partial charge in [-0.1, -0.05) is 29.4 Å². The summed E-state index contributed by atoms with van der Waals surface area (Å²) in [6, 6.07) is 7.69. The van der Waals surface area contributed by atoms with Crippen LogP contribution in [0.25, 0.3) is 11.0 Å². The third kappa shape index (κ3) is 2.22. The van der Waals surface area contributed by atoms with Crippen LogP contribution in [0, 0.1) is 0 Å². The molecule has 2 heterocycles. The fourth-order valence-electron chi connectivity index (χ4n) is 1.85. The maximum absolute atomic E-state index is 5.57. The van der Waals surface area contributed by atoms with E-state index in [1.807, 2.05) is 31.2 Å². The quantitative estimate of drug-likeness (QED) is 0.768.